The van der Waals surface area contributed by atoms with Gasteiger partial charge in [0.2, 0.25) is 10.0 Å². The van der Waals surface area contributed by atoms with Crippen LogP contribution in [0.4, 0.5) is 13.2 Å². The smallest absolute Gasteiger partial charge is 0.417 e. The van der Waals surface area contributed by atoms with E-state index in [1.807, 2.05) is 0 Å². The lowest BCUT2D eigenvalue weighted by atomic mass is 10.1. The first kappa shape index (κ1) is 19.8. The van der Waals surface area contributed by atoms with Gasteiger partial charge in [-0.25, -0.2) is 18.4 Å². The molecular formula is C16H15ClF3N3O3S. The summed E-state index contributed by atoms with van der Waals surface area (Å²) in [4.78, 5) is 7.00. The van der Waals surface area contributed by atoms with Crippen LogP contribution in [0.3, 0.4) is 0 Å². The third-order valence-electron chi connectivity index (χ3n) is 4.02. The predicted octanol–water partition coefficient (Wildman–Crippen LogP) is 3.38. The first-order valence-corrected chi connectivity index (χ1v) is 9.80. The van der Waals surface area contributed by atoms with Crippen molar-refractivity contribution in [2.75, 3.05) is 13.1 Å². The van der Waals surface area contributed by atoms with Crippen molar-refractivity contribution in [2.45, 2.75) is 30.0 Å². The number of rotatable bonds is 4. The van der Waals surface area contributed by atoms with Crippen molar-refractivity contribution in [2.24, 2.45) is 0 Å². The van der Waals surface area contributed by atoms with Gasteiger partial charge in [0.15, 0.2) is 0 Å². The van der Waals surface area contributed by atoms with Gasteiger partial charge in [-0.15, -0.1) is 0 Å². The second-order valence-corrected chi connectivity index (χ2v) is 8.27. The van der Waals surface area contributed by atoms with Crippen molar-refractivity contribution in [3.8, 4) is 6.01 Å². The van der Waals surface area contributed by atoms with Crippen LogP contribution in [0, 0.1) is 0 Å². The largest absolute Gasteiger partial charge is 0.459 e. The van der Waals surface area contributed by atoms with E-state index in [2.05, 4.69) is 9.97 Å². The normalized spacial score (nSPS) is 19.0. The Balaban J connectivity index is 1.82. The Bertz CT molecular complexity index is 907. The third-order valence-corrected chi connectivity index (χ3v) is 6.14. The van der Waals surface area contributed by atoms with Crippen molar-refractivity contribution in [3.63, 3.8) is 0 Å². The van der Waals surface area contributed by atoms with Gasteiger partial charge in [0.1, 0.15) is 6.10 Å². The molecule has 0 spiro atoms. The molecule has 6 nitrogen and oxygen atoms in total. The third kappa shape index (κ3) is 4.50. The monoisotopic (exact) mass is 421 g/mol. The van der Waals surface area contributed by atoms with Crippen LogP contribution in [0.2, 0.25) is 5.02 Å². The van der Waals surface area contributed by atoms with Gasteiger partial charge in [0.05, 0.1) is 34.4 Å². The number of alkyl halides is 3. The molecule has 0 radical (unpaired) electrons. The number of ether oxygens (including phenoxy) is 1. The van der Waals surface area contributed by atoms with E-state index in [1.54, 1.807) is 0 Å². The number of hydrogen-bond donors (Lipinski definition) is 0. The van der Waals surface area contributed by atoms with Crippen LogP contribution >= 0.6 is 11.6 Å². The van der Waals surface area contributed by atoms with E-state index in [0.717, 1.165) is 22.5 Å². The lowest BCUT2D eigenvalue weighted by Crippen LogP contribution is -2.44. The number of aromatic nitrogens is 2. The SMILES string of the molecule is O=S(=O)(c1ccccc1C(F)(F)F)N1CCCC(Oc2ncc(Cl)cn2)C1. The second kappa shape index (κ2) is 7.61. The molecule has 0 amide bonds. The number of benzene rings is 1. The maximum Gasteiger partial charge on any atom is 0.417 e. The number of nitrogens with zero attached hydrogens (tertiary/aromatic N) is 3. The molecular weight excluding hydrogens is 407 g/mol. The van der Waals surface area contributed by atoms with Crippen LogP contribution in [0.5, 0.6) is 6.01 Å². The van der Waals surface area contributed by atoms with Crippen LogP contribution in [0.1, 0.15) is 18.4 Å². The Hall–Kier alpha value is -1.91. The molecule has 1 aliphatic heterocycles. The molecule has 0 saturated carbocycles. The summed E-state index contributed by atoms with van der Waals surface area (Å²) < 4.78 is 71.8. The summed E-state index contributed by atoms with van der Waals surface area (Å²) >= 11 is 5.70. The molecule has 0 bridgehead atoms. The first-order chi connectivity index (χ1) is 12.7. The van der Waals surface area contributed by atoms with E-state index >= 15 is 0 Å². The summed E-state index contributed by atoms with van der Waals surface area (Å²) in [6.07, 6.45) is -1.72. The molecule has 1 aromatic carbocycles. The predicted molar refractivity (Wildman–Crippen MR) is 90.9 cm³/mol. The molecule has 2 heterocycles. The van der Waals surface area contributed by atoms with Gasteiger partial charge in [-0.05, 0) is 25.0 Å². The summed E-state index contributed by atoms with van der Waals surface area (Å²) in [7, 11) is -4.34. The molecule has 11 heteroatoms. The van der Waals surface area contributed by atoms with Gasteiger partial charge in [-0.3, -0.25) is 0 Å². The lowest BCUT2D eigenvalue weighted by molar-refractivity contribution is -0.139. The standard InChI is InChI=1S/C16H15ClF3N3O3S/c17-11-8-21-15(22-9-11)26-12-4-3-7-23(10-12)27(24,25)14-6-2-1-5-13(14)16(18,19)20/h1-2,5-6,8-9,12H,3-4,7,10H2. The molecule has 0 aliphatic carbocycles. The maximum absolute atomic E-state index is 13.2. The molecule has 1 unspecified atom stereocenters. The molecule has 1 saturated heterocycles. The number of hydrogen-bond acceptors (Lipinski definition) is 5. The molecule has 3 rings (SSSR count). The molecule has 1 aromatic heterocycles. The molecule has 27 heavy (non-hydrogen) atoms. The lowest BCUT2D eigenvalue weighted by Gasteiger charge is -2.32. The highest BCUT2D eigenvalue weighted by molar-refractivity contribution is 7.89. The van der Waals surface area contributed by atoms with Crippen molar-refractivity contribution >= 4 is 21.6 Å². The Kier molecular flexibility index (Phi) is 5.59. The van der Waals surface area contributed by atoms with Crippen molar-refractivity contribution in [1.29, 1.82) is 0 Å². The Morgan fingerprint density at radius 2 is 1.85 bits per heavy atom. The van der Waals surface area contributed by atoms with E-state index in [1.165, 1.54) is 18.5 Å². The summed E-state index contributed by atoms with van der Waals surface area (Å²) in [6, 6.07) is 4.17. The molecule has 0 N–H and O–H groups in total. The summed E-state index contributed by atoms with van der Waals surface area (Å²) in [5, 5.41) is 0.318. The van der Waals surface area contributed by atoms with Gasteiger partial charge < -0.3 is 4.74 Å². The van der Waals surface area contributed by atoms with Crippen LogP contribution in [-0.4, -0.2) is 41.9 Å². The van der Waals surface area contributed by atoms with Gasteiger partial charge in [0.25, 0.3) is 0 Å². The van der Waals surface area contributed by atoms with Gasteiger partial charge in [-0.1, -0.05) is 23.7 Å². The zero-order chi connectivity index (χ0) is 19.7. The Morgan fingerprint density at radius 3 is 2.52 bits per heavy atom. The summed E-state index contributed by atoms with van der Waals surface area (Å²) in [5.74, 6) is 0. The van der Waals surface area contributed by atoms with Crippen LogP contribution in [0.25, 0.3) is 0 Å². The molecule has 1 aliphatic rings. The highest BCUT2D eigenvalue weighted by Crippen LogP contribution is 2.35. The highest BCUT2D eigenvalue weighted by atomic mass is 35.5. The van der Waals surface area contributed by atoms with Crippen molar-refractivity contribution < 1.29 is 26.3 Å². The molecule has 1 atom stereocenters. The number of piperidine rings is 1. The van der Waals surface area contributed by atoms with E-state index in [9.17, 15) is 21.6 Å². The highest BCUT2D eigenvalue weighted by Gasteiger charge is 2.40. The van der Waals surface area contributed by atoms with Crippen molar-refractivity contribution in [1.82, 2.24) is 14.3 Å². The van der Waals surface area contributed by atoms with E-state index in [-0.39, 0.29) is 19.1 Å². The molecule has 146 valence electrons. The summed E-state index contributed by atoms with van der Waals surface area (Å²) in [5.41, 5.74) is -1.19. The Labute approximate surface area is 159 Å². The van der Waals surface area contributed by atoms with E-state index < -0.39 is 32.8 Å². The minimum Gasteiger partial charge on any atom is -0.459 e. The summed E-state index contributed by atoms with van der Waals surface area (Å²) in [6.45, 7) is 0.0103. The number of halogens is 4. The van der Waals surface area contributed by atoms with E-state index in [0.29, 0.717) is 17.9 Å². The zero-order valence-corrected chi connectivity index (χ0v) is 15.4. The van der Waals surface area contributed by atoms with Gasteiger partial charge in [-0.2, -0.15) is 17.5 Å². The Morgan fingerprint density at radius 1 is 1.19 bits per heavy atom. The minimum absolute atomic E-state index is 0.0272. The topological polar surface area (TPSA) is 72.4 Å². The minimum atomic E-state index is -4.77. The van der Waals surface area contributed by atoms with Crippen LogP contribution in [-0.2, 0) is 16.2 Å². The van der Waals surface area contributed by atoms with Crippen LogP contribution < -0.4 is 4.74 Å². The number of sulfonamides is 1. The van der Waals surface area contributed by atoms with Crippen molar-refractivity contribution in [3.05, 3.63) is 47.2 Å². The fourth-order valence-corrected chi connectivity index (χ4v) is 4.61. The van der Waals surface area contributed by atoms with Gasteiger partial charge >= 0.3 is 12.2 Å². The quantitative estimate of drug-likeness (QED) is 0.756. The average molecular weight is 422 g/mol. The van der Waals surface area contributed by atoms with E-state index in [4.69, 9.17) is 16.3 Å². The van der Waals surface area contributed by atoms with Gasteiger partial charge in [0, 0.05) is 6.54 Å². The first-order valence-electron chi connectivity index (χ1n) is 7.98. The molecule has 1 fully saturated rings. The fourth-order valence-electron chi connectivity index (χ4n) is 2.79. The zero-order valence-electron chi connectivity index (χ0n) is 13.9. The second-order valence-electron chi connectivity index (χ2n) is 5.92. The van der Waals surface area contributed by atoms with Crippen LogP contribution in [0.15, 0.2) is 41.6 Å². The molecule has 2 aromatic rings. The fraction of sp³-hybridized carbons (Fsp3) is 0.375. The average Bonchev–Trinajstić information content (AvgIpc) is 2.63. The maximum atomic E-state index is 13.2.